The molecule has 0 fully saturated rings. The molecule has 8 rings (SSSR count). The number of hydrogen-bond donors (Lipinski definition) is 6. The van der Waals surface area contributed by atoms with Crippen molar-refractivity contribution in [2.75, 3.05) is 22.1 Å². The normalized spacial score (nSPS) is 12.3. The van der Waals surface area contributed by atoms with Gasteiger partial charge < -0.3 is 32.3 Å². The number of nitrogens with two attached hydrogens (primary N) is 2. The zero-order chi connectivity index (χ0) is 39.7. The Bertz CT molecular complexity index is 2520. The van der Waals surface area contributed by atoms with Crippen molar-refractivity contribution in [2.45, 2.75) is 39.9 Å². The number of fused-ring (bicyclic) bond motifs is 2. The van der Waals surface area contributed by atoms with Crippen molar-refractivity contribution in [1.29, 1.82) is 0 Å². The Balaban J connectivity index is 0.000000172. The minimum atomic E-state index is -0.603. The molecule has 0 spiro atoms. The van der Waals surface area contributed by atoms with E-state index < -0.39 is 12.2 Å². The Morgan fingerprint density at radius 3 is 1.36 bits per heavy atom. The van der Waals surface area contributed by atoms with Gasteiger partial charge in [0.25, 0.3) is 0 Å². The maximum absolute atomic E-state index is 9.79. The Morgan fingerprint density at radius 1 is 0.589 bits per heavy atom. The van der Waals surface area contributed by atoms with Gasteiger partial charge in [0.2, 0.25) is 0 Å². The number of nitrogens with one attached hydrogen (secondary N) is 2. The van der Waals surface area contributed by atoms with E-state index >= 15 is 0 Å². The largest absolute Gasteiger partial charge is 0.387 e. The molecule has 0 aromatic carbocycles. The van der Waals surface area contributed by atoms with Crippen LogP contribution in [0.3, 0.4) is 0 Å². The summed E-state index contributed by atoms with van der Waals surface area (Å²) >= 11 is 0. The van der Waals surface area contributed by atoms with Gasteiger partial charge in [-0.25, -0.2) is 19.9 Å². The zero-order valence-corrected chi connectivity index (χ0v) is 31.8. The lowest BCUT2D eigenvalue weighted by molar-refractivity contribution is 0.188. The van der Waals surface area contributed by atoms with Crippen LogP contribution in [-0.2, 0) is 14.1 Å². The highest BCUT2D eigenvalue weighted by atomic mass is 16.3. The van der Waals surface area contributed by atoms with E-state index in [1.165, 1.54) is 0 Å². The number of anilines is 6. The number of aromatic nitrogens is 10. The first-order valence-corrected chi connectivity index (χ1v) is 17.8. The van der Waals surface area contributed by atoms with Gasteiger partial charge in [-0.05, 0) is 86.0 Å². The fourth-order valence-corrected chi connectivity index (χ4v) is 6.35. The predicted octanol–water partition coefficient (Wildman–Crippen LogP) is 6.23. The van der Waals surface area contributed by atoms with E-state index in [-0.39, 0.29) is 0 Å². The molecule has 0 unspecified atom stereocenters. The molecule has 0 aliphatic rings. The summed E-state index contributed by atoms with van der Waals surface area (Å²) in [5, 5.41) is 38.0. The van der Waals surface area contributed by atoms with Gasteiger partial charge in [-0.1, -0.05) is 0 Å². The van der Waals surface area contributed by atoms with E-state index in [1.807, 2.05) is 50.2 Å². The topological polar surface area (TPSA) is 230 Å². The van der Waals surface area contributed by atoms with Crippen LogP contribution in [0.5, 0.6) is 0 Å². The van der Waals surface area contributed by atoms with Gasteiger partial charge in [0, 0.05) is 85.3 Å². The molecule has 56 heavy (non-hydrogen) atoms. The van der Waals surface area contributed by atoms with Crippen LogP contribution in [0.15, 0.2) is 85.7 Å². The second-order valence-electron chi connectivity index (χ2n) is 13.5. The maximum Gasteiger partial charge on any atom is 0.153 e. The summed E-state index contributed by atoms with van der Waals surface area (Å²) < 4.78 is 3.28. The van der Waals surface area contributed by atoms with E-state index in [0.717, 1.165) is 55.2 Å². The Hall–Kier alpha value is -7.04. The van der Waals surface area contributed by atoms with Crippen LogP contribution in [0.2, 0.25) is 0 Å². The average Bonchev–Trinajstić information content (AvgIpc) is 3.72. The van der Waals surface area contributed by atoms with Crippen LogP contribution in [0.1, 0.15) is 48.6 Å². The van der Waals surface area contributed by atoms with Gasteiger partial charge in [0.1, 0.15) is 23.3 Å². The van der Waals surface area contributed by atoms with Crippen LogP contribution < -0.4 is 22.1 Å². The molecule has 8 aromatic rings. The third-order valence-electron chi connectivity index (χ3n) is 9.32. The lowest BCUT2D eigenvalue weighted by Crippen LogP contribution is -2.01. The molecule has 16 nitrogen and oxygen atoms in total. The van der Waals surface area contributed by atoms with Crippen LogP contribution >= 0.6 is 0 Å². The maximum atomic E-state index is 9.79. The molecule has 0 saturated carbocycles. The van der Waals surface area contributed by atoms with E-state index in [2.05, 4.69) is 50.7 Å². The minimum Gasteiger partial charge on any atom is -0.387 e. The van der Waals surface area contributed by atoms with E-state index in [4.69, 9.17) is 11.5 Å². The Kier molecular flexibility index (Phi) is 10.2. The molecule has 0 radical (unpaired) electrons. The number of aliphatic hydroxyl groups excluding tert-OH is 2. The van der Waals surface area contributed by atoms with Crippen molar-refractivity contribution in [3.63, 3.8) is 0 Å². The zero-order valence-electron chi connectivity index (χ0n) is 31.8. The lowest BCUT2D eigenvalue weighted by atomic mass is 10.1. The molecule has 0 aliphatic heterocycles. The van der Waals surface area contributed by atoms with E-state index in [1.54, 1.807) is 86.6 Å². The lowest BCUT2D eigenvalue weighted by Gasteiger charge is -2.09. The fourth-order valence-electron chi connectivity index (χ4n) is 6.35. The molecule has 8 aromatic heterocycles. The van der Waals surface area contributed by atoms with Gasteiger partial charge >= 0.3 is 0 Å². The van der Waals surface area contributed by atoms with E-state index in [0.29, 0.717) is 46.3 Å². The van der Waals surface area contributed by atoms with Crippen LogP contribution in [0, 0.1) is 13.8 Å². The number of aliphatic hydroxyl groups is 2. The second-order valence-corrected chi connectivity index (χ2v) is 13.5. The summed E-state index contributed by atoms with van der Waals surface area (Å²) in [4.78, 5) is 26.2. The predicted molar refractivity (Wildman–Crippen MR) is 218 cm³/mol. The summed E-state index contributed by atoms with van der Waals surface area (Å²) in [6, 6.07) is 15.2. The average molecular weight is 751 g/mol. The van der Waals surface area contributed by atoms with Crippen molar-refractivity contribution < 1.29 is 10.2 Å². The summed E-state index contributed by atoms with van der Waals surface area (Å²) in [5.41, 5.74) is 19.3. The molecule has 2 atom stereocenters. The van der Waals surface area contributed by atoms with Crippen molar-refractivity contribution in [2.24, 2.45) is 14.1 Å². The molecule has 0 amide bonds. The number of hydrogen-bond acceptors (Lipinski definition) is 14. The molecule has 0 saturated heterocycles. The molecule has 0 aliphatic carbocycles. The van der Waals surface area contributed by atoms with Crippen LogP contribution in [-0.4, -0.2) is 59.7 Å². The number of rotatable bonds is 8. The highest BCUT2D eigenvalue weighted by Crippen LogP contribution is 2.31. The Labute approximate surface area is 322 Å². The molecular formula is C40H42N14O2. The second kappa shape index (κ2) is 15.4. The monoisotopic (exact) mass is 750 g/mol. The van der Waals surface area contributed by atoms with Gasteiger partial charge in [0.05, 0.1) is 35.0 Å². The number of pyridine rings is 6. The summed E-state index contributed by atoms with van der Waals surface area (Å²) in [6.45, 7) is 7.43. The molecule has 8 heterocycles. The highest BCUT2D eigenvalue weighted by molar-refractivity contribution is 5.96. The van der Waals surface area contributed by atoms with Crippen molar-refractivity contribution in [3.05, 3.63) is 108 Å². The number of aryl methyl sites for hydroxylation is 4. The standard InChI is InChI=1S/2C20H21N7O/c2*1-11-4-5-22-9-14(11)16-6-13-7-18(23-10-15(13)20(21)24-16)25-19-8-17(12(2)28)27(3)26-19/h2*4-10,12,28H,1-3H3,(H2,21,24)(H,23,25,26)/t2*12-/m10/s1. The smallest absolute Gasteiger partial charge is 0.153 e. The number of nitrogens with zero attached hydrogens (tertiary/aromatic N) is 10. The third-order valence-corrected chi connectivity index (χ3v) is 9.32. The Morgan fingerprint density at radius 2 is 1.00 bits per heavy atom. The van der Waals surface area contributed by atoms with Crippen molar-refractivity contribution in [1.82, 2.24) is 49.5 Å². The van der Waals surface area contributed by atoms with Crippen molar-refractivity contribution in [3.8, 4) is 22.5 Å². The quantitative estimate of drug-likeness (QED) is 0.101. The van der Waals surface area contributed by atoms with Crippen LogP contribution in [0.4, 0.5) is 34.9 Å². The molecular weight excluding hydrogens is 709 g/mol. The summed E-state index contributed by atoms with van der Waals surface area (Å²) in [6.07, 6.45) is 9.26. The first-order valence-electron chi connectivity index (χ1n) is 17.8. The molecule has 0 bridgehead atoms. The van der Waals surface area contributed by atoms with Crippen LogP contribution in [0.25, 0.3) is 44.1 Å². The van der Waals surface area contributed by atoms with Crippen molar-refractivity contribution >= 4 is 56.5 Å². The fraction of sp³-hybridized carbons (Fsp3) is 0.200. The molecule has 16 heteroatoms. The highest BCUT2D eigenvalue weighted by Gasteiger charge is 2.14. The van der Waals surface area contributed by atoms with Gasteiger partial charge in [0.15, 0.2) is 11.6 Å². The first-order chi connectivity index (χ1) is 26.8. The molecule has 284 valence electrons. The summed E-state index contributed by atoms with van der Waals surface area (Å²) in [7, 11) is 3.58. The van der Waals surface area contributed by atoms with Gasteiger partial charge in [-0.2, -0.15) is 10.2 Å². The van der Waals surface area contributed by atoms with Gasteiger partial charge in [-0.3, -0.25) is 19.3 Å². The minimum absolute atomic E-state index is 0.420. The molecule has 8 N–H and O–H groups in total. The SMILES string of the molecule is Cc1ccncc1-c1cc2cc(Nc3cc([C@@H](C)O)n(C)n3)ncc2c(N)n1.Cc1ccncc1-c1cc2cc(Nc3cc([C@H](C)O)n(C)n3)ncc2c(N)n1. The first kappa shape index (κ1) is 37.3. The summed E-state index contributed by atoms with van der Waals surface area (Å²) in [5.74, 6) is 3.31. The third kappa shape index (κ3) is 7.77. The van der Waals surface area contributed by atoms with Gasteiger partial charge in [-0.15, -0.1) is 0 Å². The van der Waals surface area contributed by atoms with E-state index in [9.17, 15) is 10.2 Å². The number of nitrogen functional groups attached to an aromatic ring is 2.